The van der Waals surface area contributed by atoms with E-state index in [-0.39, 0.29) is 54.2 Å². The standard InChI is InChI=1S/C18H22N8O4S.HI/c1-2-19-18(21-13-17-24-23-16-8-3-4-11-25(16)17)20-9-10-22-31(29,30)15-7-5-6-14(12-15)26(27)28;/h3-8,11-12,22H,2,9-10,13H2,1H3,(H2,19,20,21);1H. The number of nitro benzene ring substituents is 1. The molecule has 0 bridgehead atoms. The van der Waals surface area contributed by atoms with Crippen LogP contribution in [0.15, 0.2) is 58.5 Å². The van der Waals surface area contributed by atoms with Crippen LogP contribution < -0.4 is 15.4 Å². The van der Waals surface area contributed by atoms with E-state index in [2.05, 4.69) is 30.5 Å². The maximum absolute atomic E-state index is 12.4. The van der Waals surface area contributed by atoms with E-state index < -0.39 is 14.9 Å². The van der Waals surface area contributed by atoms with Gasteiger partial charge in [0.2, 0.25) is 10.0 Å². The van der Waals surface area contributed by atoms with Crippen molar-refractivity contribution in [2.24, 2.45) is 4.99 Å². The molecule has 0 aliphatic carbocycles. The molecule has 0 aliphatic heterocycles. The first-order valence-electron chi connectivity index (χ1n) is 9.45. The molecule has 172 valence electrons. The molecule has 12 nitrogen and oxygen atoms in total. The summed E-state index contributed by atoms with van der Waals surface area (Å²) in [5.74, 6) is 1.16. The number of benzene rings is 1. The van der Waals surface area contributed by atoms with Gasteiger partial charge in [0.1, 0.15) is 6.54 Å². The molecule has 0 unspecified atom stereocenters. The van der Waals surface area contributed by atoms with Gasteiger partial charge in [0, 0.05) is 38.0 Å². The number of aliphatic imine (C=N–C) groups is 1. The SMILES string of the molecule is CCNC(=NCc1nnc2ccccn12)NCCNS(=O)(=O)c1cccc([N+](=O)[O-])c1.I. The molecular weight excluding hydrogens is 551 g/mol. The summed E-state index contributed by atoms with van der Waals surface area (Å²) >= 11 is 0. The molecule has 14 heteroatoms. The van der Waals surface area contributed by atoms with Crippen LogP contribution in [-0.2, 0) is 16.6 Å². The summed E-state index contributed by atoms with van der Waals surface area (Å²) in [6.45, 7) is 3.12. The number of nitrogens with zero attached hydrogens (tertiary/aromatic N) is 5. The molecular formula is C18H23IN8O4S. The number of hydrogen-bond donors (Lipinski definition) is 3. The summed E-state index contributed by atoms with van der Waals surface area (Å²) in [6, 6.07) is 10.5. The molecule has 2 heterocycles. The summed E-state index contributed by atoms with van der Waals surface area (Å²) in [5, 5.41) is 25.1. The van der Waals surface area contributed by atoms with Crippen LogP contribution in [0.25, 0.3) is 5.65 Å². The molecule has 0 spiro atoms. The molecule has 0 amide bonds. The van der Waals surface area contributed by atoms with Crippen LogP contribution in [0.3, 0.4) is 0 Å². The Morgan fingerprint density at radius 2 is 1.97 bits per heavy atom. The number of rotatable bonds is 9. The lowest BCUT2D eigenvalue weighted by atomic mass is 10.3. The highest BCUT2D eigenvalue weighted by Crippen LogP contribution is 2.16. The van der Waals surface area contributed by atoms with Gasteiger partial charge < -0.3 is 10.6 Å². The lowest BCUT2D eigenvalue weighted by Gasteiger charge is -2.12. The summed E-state index contributed by atoms with van der Waals surface area (Å²) in [6.07, 6.45) is 1.85. The van der Waals surface area contributed by atoms with E-state index in [1.165, 1.54) is 18.2 Å². The summed E-state index contributed by atoms with van der Waals surface area (Å²) < 4.78 is 29.0. The van der Waals surface area contributed by atoms with E-state index in [9.17, 15) is 18.5 Å². The van der Waals surface area contributed by atoms with Crippen molar-refractivity contribution in [2.45, 2.75) is 18.4 Å². The summed E-state index contributed by atoms with van der Waals surface area (Å²) in [7, 11) is -3.87. The van der Waals surface area contributed by atoms with Crippen LogP contribution in [-0.4, -0.2) is 53.5 Å². The number of sulfonamides is 1. The lowest BCUT2D eigenvalue weighted by Crippen LogP contribution is -2.41. The number of fused-ring (bicyclic) bond motifs is 1. The van der Waals surface area contributed by atoms with Crippen LogP contribution in [0, 0.1) is 10.1 Å². The number of guanidine groups is 1. The smallest absolute Gasteiger partial charge is 0.270 e. The van der Waals surface area contributed by atoms with E-state index in [1.54, 1.807) is 0 Å². The van der Waals surface area contributed by atoms with Crippen molar-refractivity contribution in [2.75, 3.05) is 19.6 Å². The first-order valence-corrected chi connectivity index (χ1v) is 10.9. The normalized spacial score (nSPS) is 11.7. The fourth-order valence-corrected chi connectivity index (χ4v) is 3.78. The average Bonchev–Trinajstić information content (AvgIpc) is 3.18. The fraction of sp³-hybridized carbons (Fsp3) is 0.278. The fourth-order valence-electron chi connectivity index (χ4n) is 2.70. The van der Waals surface area contributed by atoms with Gasteiger partial charge in [0.05, 0.1) is 9.82 Å². The van der Waals surface area contributed by atoms with E-state index in [0.717, 1.165) is 11.7 Å². The summed E-state index contributed by atoms with van der Waals surface area (Å²) in [5.41, 5.74) is 0.435. The first-order chi connectivity index (χ1) is 14.9. The minimum Gasteiger partial charge on any atom is -0.357 e. The highest BCUT2D eigenvalue weighted by molar-refractivity contribution is 14.0. The lowest BCUT2D eigenvalue weighted by molar-refractivity contribution is -0.385. The van der Waals surface area contributed by atoms with Crippen LogP contribution >= 0.6 is 24.0 Å². The van der Waals surface area contributed by atoms with Gasteiger partial charge >= 0.3 is 0 Å². The van der Waals surface area contributed by atoms with Crippen molar-refractivity contribution < 1.29 is 13.3 Å². The Kier molecular flexibility index (Phi) is 9.27. The Bertz CT molecular complexity index is 1200. The molecule has 32 heavy (non-hydrogen) atoms. The van der Waals surface area contributed by atoms with Crippen LogP contribution in [0.1, 0.15) is 12.7 Å². The molecule has 0 saturated heterocycles. The van der Waals surface area contributed by atoms with Crippen molar-refractivity contribution in [3.8, 4) is 0 Å². The molecule has 3 N–H and O–H groups in total. The molecule has 3 aromatic rings. The maximum Gasteiger partial charge on any atom is 0.270 e. The topological polar surface area (TPSA) is 156 Å². The van der Waals surface area contributed by atoms with Gasteiger partial charge in [-0.3, -0.25) is 14.5 Å². The van der Waals surface area contributed by atoms with E-state index in [4.69, 9.17) is 0 Å². The Balaban J connectivity index is 0.00000363. The quantitative estimate of drug-likeness (QED) is 0.0863. The Morgan fingerprint density at radius 1 is 1.16 bits per heavy atom. The molecule has 0 aliphatic rings. The van der Waals surface area contributed by atoms with E-state index in [0.29, 0.717) is 18.3 Å². The number of halogens is 1. The largest absolute Gasteiger partial charge is 0.357 e. The second-order valence-electron chi connectivity index (χ2n) is 6.32. The second-order valence-corrected chi connectivity index (χ2v) is 8.09. The zero-order valence-corrected chi connectivity index (χ0v) is 20.3. The number of pyridine rings is 1. The van der Waals surface area contributed by atoms with Crippen LogP contribution in [0.2, 0.25) is 0 Å². The van der Waals surface area contributed by atoms with Crippen molar-refractivity contribution in [1.29, 1.82) is 0 Å². The zero-order chi connectivity index (χ0) is 22.3. The molecule has 0 saturated carbocycles. The maximum atomic E-state index is 12.4. The monoisotopic (exact) mass is 574 g/mol. The predicted octanol–water partition coefficient (Wildman–Crippen LogP) is 1.29. The number of nitro groups is 1. The number of nitrogens with one attached hydrogen (secondary N) is 3. The van der Waals surface area contributed by atoms with E-state index in [1.807, 2.05) is 35.7 Å². The predicted molar refractivity (Wildman–Crippen MR) is 130 cm³/mol. The van der Waals surface area contributed by atoms with E-state index >= 15 is 0 Å². The van der Waals surface area contributed by atoms with Crippen molar-refractivity contribution in [3.63, 3.8) is 0 Å². The third-order valence-electron chi connectivity index (χ3n) is 4.16. The van der Waals surface area contributed by atoms with Gasteiger partial charge in [-0.15, -0.1) is 34.2 Å². The highest BCUT2D eigenvalue weighted by atomic mass is 127. The molecule has 0 radical (unpaired) electrons. The molecule has 0 atom stereocenters. The third-order valence-corrected chi connectivity index (χ3v) is 5.61. The highest BCUT2D eigenvalue weighted by Gasteiger charge is 2.17. The number of hydrogen-bond acceptors (Lipinski definition) is 7. The van der Waals surface area contributed by atoms with Gasteiger partial charge in [0.25, 0.3) is 5.69 Å². The number of aromatic nitrogens is 3. The summed E-state index contributed by atoms with van der Waals surface area (Å²) in [4.78, 5) is 14.5. The second kappa shape index (κ2) is 11.7. The van der Waals surface area contributed by atoms with Crippen molar-refractivity contribution in [1.82, 2.24) is 30.0 Å². The molecule has 2 aromatic heterocycles. The Hall–Kier alpha value is -2.85. The van der Waals surface area contributed by atoms with Crippen molar-refractivity contribution in [3.05, 3.63) is 64.6 Å². The Labute approximate surface area is 201 Å². The number of non-ortho nitro benzene ring substituents is 1. The van der Waals surface area contributed by atoms with Gasteiger partial charge in [0.15, 0.2) is 17.4 Å². The minimum absolute atomic E-state index is 0. The molecule has 1 aromatic carbocycles. The Morgan fingerprint density at radius 3 is 2.72 bits per heavy atom. The van der Waals surface area contributed by atoms with Crippen LogP contribution in [0.4, 0.5) is 5.69 Å². The molecule has 0 fully saturated rings. The van der Waals surface area contributed by atoms with Crippen molar-refractivity contribution >= 4 is 51.3 Å². The zero-order valence-electron chi connectivity index (χ0n) is 17.1. The van der Waals surface area contributed by atoms with Gasteiger partial charge in [-0.05, 0) is 25.1 Å². The molecule has 3 rings (SSSR count). The van der Waals surface area contributed by atoms with Gasteiger partial charge in [-0.25, -0.2) is 18.1 Å². The average molecular weight is 574 g/mol. The van der Waals surface area contributed by atoms with Crippen LogP contribution in [0.5, 0.6) is 0 Å². The first kappa shape index (κ1) is 25.4. The third kappa shape index (κ3) is 6.57. The van der Waals surface area contributed by atoms with Gasteiger partial charge in [-0.2, -0.15) is 0 Å². The minimum atomic E-state index is -3.87. The van der Waals surface area contributed by atoms with Gasteiger partial charge in [-0.1, -0.05) is 12.1 Å².